The molecule has 3 nitrogen and oxygen atoms in total. The molecule has 0 amide bonds. The van der Waals surface area contributed by atoms with E-state index in [0.717, 1.165) is 22.6 Å². The standard InChI is InChI=1S/C21H16O3/c22-21(23)18-14-11-16(12-15-18)10-13-17-6-4-5-9-20(17)24-19-7-2-1-3-8-19/h1-15H,(H,22,23). The second-order valence-corrected chi connectivity index (χ2v) is 5.21. The maximum atomic E-state index is 10.9. The third-order valence-corrected chi connectivity index (χ3v) is 3.50. The van der Waals surface area contributed by atoms with Gasteiger partial charge in [-0.25, -0.2) is 4.79 Å². The van der Waals surface area contributed by atoms with Gasteiger partial charge >= 0.3 is 5.97 Å². The molecule has 0 heterocycles. The summed E-state index contributed by atoms with van der Waals surface area (Å²) in [5.74, 6) is 0.624. The molecular weight excluding hydrogens is 300 g/mol. The number of carbonyl (C=O) groups is 1. The van der Waals surface area contributed by atoms with Gasteiger partial charge in [-0.3, -0.25) is 0 Å². The Bertz CT molecular complexity index is 850. The molecule has 0 aromatic heterocycles. The lowest BCUT2D eigenvalue weighted by atomic mass is 10.1. The highest BCUT2D eigenvalue weighted by Gasteiger charge is 2.02. The third kappa shape index (κ3) is 3.90. The van der Waals surface area contributed by atoms with E-state index in [1.165, 1.54) is 0 Å². The van der Waals surface area contributed by atoms with Crippen LogP contribution in [0.4, 0.5) is 0 Å². The lowest BCUT2D eigenvalue weighted by Crippen LogP contribution is -1.94. The summed E-state index contributed by atoms with van der Waals surface area (Å²) in [6.07, 6.45) is 3.88. The van der Waals surface area contributed by atoms with Crippen LogP contribution in [0, 0.1) is 0 Å². The Balaban J connectivity index is 1.81. The Kier molecular flexibility index (Phi) is 4.73. The number of ether oxygens (including phenoxy) is 1. The van der Waals surface area contributed by atoms with Gasteiger partial charge in [0.05, 0.1) is 5.56 Å². The average molecular weight is 316 g/mol. The summed E-state index contributed by atoms with van der Waals surface area (Å²) in [6.45, 7) is 0. The van der Waals surface area contributed by atoms with Crippen LogP contribution in [0.1, 0.15) is 21.5 Å². The summed E-state index contributed by atoms with van der Waals surface area (Å²) >= 11 is 0. The lowest BCUT2D eigenvalue weighted by Gasteiger charge is -2.08. The van der Waals surface area contributed by atoms with Gasteiger partial charge in [0.2, 0.25) is 0 Å². The molecule has 0 fully saturated rings. The molecule has 0 atom stereocenters. The van der Waals surface area contributed by atoms with Crippen molar-refractivity contribution in [3.05, 3.63) is 95.6 Å². The maximum Gasteiger partial charge on any atom is 0.335 e. The predicted octanol–water partition coefficient (Wildman–Crippen LogP) is 5.35. The van der Waals surface area contributed by atoms with Crippen molar-refractivity contribution in [2.24, 2.45) is 0 Å². The molecule has 0 saturated heterocycles. The first-order valence-corrected chi connectivity index (χ1v) is 7.56. The zero-order valence-electron chi connectivity index (χ0n) is 12.9. The van der Waals surface area contributed by atoms with E-state index in [-0.39, 0.29) is 5.56 Å². The molecule has 0 bridgehead atoms. The first-order chi connectivity index (χ1) is 11.7. The van der Waals surface area contributed by atoms with Crippen molar-refractivity contribution in [2.45, 2.75) is 0 Å². The SMILES string of the molecule is O=C(O)c1ccc(C=Cc2ccccc2Oc2ccccc2)cc1. The van der Waals surface area contributed by atoms with Crippen LogP contribution in [0.25, 0.3) is 12.2 Å². The molecule has 0 spiro atoms. The summed E-state index contributed by atoms with van der Waals surface area (Å²) in [5, 5.41) is 8.93. The molecule has 0 radical (unpaired) electrons. The van der Waals surface area contributed by atoms with Crippen LogP contribution in [0.2, 0.25) is 0 Å². The molecule has 3 rings (SSSR count). The van der Waals surface area contributed by atoms with Crippen LogP contribution in [0.5, 0.6) is 11.5 Å². The van der Waals surface area contributed by atoms with Gasteiger partial charge in [-0.2, -0.15) is 0 Å². The lowest BCUT2D eigenvalue weighted by molar-refractivity contribution is 0.0697. The van der Waals surface area contributed by atoms with Gasteiger partial charge in [0.25, 0.3) is 0 Å². The molecule has 0 aliphatic heterocycles. The van der Waals surface area contributed by atoms with Crippen molar-refractivity contribution < 1.29 is 14.6 Å². The molecule has 24 heavy (non-hydrogen) atoms. The van der Waals surface area contributed by atoms with Crippen molar-refractivity contribution in [3.63, 3.8) is 0 Å². The van der Waals surface area contributed by atoms with E-state index in [4.69, 9.17) is 9.84 Å². The highest BCUT2D eigenvalue weighted by atomic mass is 16.5. The fourth-order valence-electron chi connectivity index (χ4n) is 2.25. The number of para-hydroxylation sites is 2. The summed E-state index contributed by atoms with van der Waals surface area (Å²) in [5.41, 5.74) is 2.15. The molecule has 0 unspecified atom stereocenters. The summed E-state index contributed by atoms with van der Waals surface area (Å²) < 4.78 is 5.92. The van der Waals surface area contributed by atoms with Crippen LogP contribution in [-0.2, 0) is 0 Å². The van der Waals surface area contributed by atoms with Crippen molar-refractivity contribution >= 4 is 18.1 Å². The second-order valence-electron chi connectivity index (χ2n) is 5.21. The predicted molar refractivity (Wildman–Crippen MR) is 95.3 cm³/mol. The first kappa shape index (κ1) is 15.6. The fourth-order valence-corrected chi connectivity index (χ4v) is 2.25. The largest absolute Gasteiger partial charge is 0.478 e. The van der Waals surface area contributed by atoms with Crippen molar-refractivity contribution in [2.75, 3.05) is 0 Å². The molecule has 3 aromatic rings. The maximum absolute atomic E-state index is 10.9. The van der Waals surface area contributed by atoms with Gasteiger partial charge in [0, 0.05) is 5.56 Å². The Morgan fingerprint density at radius 2 is 1.46 bits per heavy atom. The van der Waals surface area contributed by atoms with Gasteiger partial charge < -0.3 is 9.84 Å². The number of carboxylic acids is 1. The zero-order valence-corrected chi connectivity index (χ0v) is 12.9. The topological polar surface area (TPSA) is 46.5 Å². The van der Waals surface area contributed by atoms with Gasteiger partial charge in [0.15, 0.2) is 0 Å². The van der Waals surface area contributed by atoms with Gasteiger partial charge in [-0.1, -0.05) is 60.7 Å². The molecule has 0 aliphatic rings. The van der Waals surface area contributed by atoms with Gasteiger partial charge in [0.1, 0.15) is 11.5 Å². The van der Waals surface area contributed by atoms with E-state index in [0.29, 0.717) is 0 Å². The quantitative estimate of drug-likeness (QED) is 0.646. The van der Waals surface area contributed by atoms with Crippen molar-refractivity contribution in [1.82, 2.24) is 0 Å². The molecular formula is C21H16O3. The molecule has 0 aliphatic carbocycles. The van der Waals surface area contributed by atoms with Crippen molar-refractivity contribution in [1.29, 1.82) is 0 Å². The first-order valence-electron chi connectivity index (χ1n) is 7.56. The minimum atomic E-state index is -0.924. The molecule has 3 aromatic carbocycles. The van der Waals surface area contributed by atoms with Crippen LogP contribution < -0.4 is 4.74 Å². The smallest absolute Gasteiger partial charge is 0.335 e. The number of carboxylic acid groups (broad SMARTS) is 1. The Labute approximate surface area is 140 Å². The number of hydrogen-bond donors (Lipinski definition) is 1. The molecule has 3 heteroatoms. The number of rotatable bonds is 5. The Morgan fingerprint density at radius 1 is 0.792 bits per heavy atom. The zero-order chi connectivity index (χ0) is 16.8. The highest BCUT2D eigenvalue weighted by molar-refractivity contribution is 5.88. The minimum absolute atomic E-state index is 0.278. The minimum Gasteiger partial charge on any atom is -0.478 e. The highest BCUT2D eigenvalue weighted by Crippen LogP contribution is 2.26. The van der Waals surface area contributed by atoms with Crippen LogP contribution >= 0.6 is 0 Å². The number of aromatic carboxylic acids is 1. The van der Waals surface area contributed by atoms with E-state index in [9.17, 15) is 4.79 Å². The van der Waals surface area contributed by atoms with Gasteiger partial charge in [-0.05, 0) is 35.9 Å². The van der Waals surface area contributed by atoms with E-state index in [2.05, 4.69) is 0 Å². The normalized spacial score (nSPS) is 10.7. The van der Waals surface area contributed by atoms with Crippen LogP contribution in [0.15, 0.2) is 78.9 Å². The van der Waals surface area contributed by atoms with E-state index in [1.807, 2.05) is 66.7 Å². The molecule has 118 valence electrons. The Hall–Kier alpha value is -3.33. The average Bonchev–Trinajstić information content (AvgIpc) is 2.62. The molecule has 0 saturated carbocycles. The summed E-state index contributed by atoms with van der Waals surface area (Å²) in [6, 6.07) is 24.1. The van der Waals surface area contributed by atoms with Gasteiger partial charge in [-0.15, -0.1) is 0 Å². The molecule has 1 N–H and O–H groups in total. The van der Waals surface area contributed by atoms with Crippen LogP contribution in [0.3, 0.4) is 0 Å². The van der Waals surface area contributed by atoms with Crippen molar-refractivity contribution in [3.8, 4) is 11.5 Å². The summed E-state index contributed by atoms with van der Waals surface area (Å²) in [4.78, 5) is 10.9. The second kappa shape index (κ2) is 7.29. The van der Waals surface area contributed by atoms with E-state index < -0.39 is 5.97 Å². The third-order valence-electron chi connectivity index (χ3n) is 3.50. The number of hydrogen-bond acceptors (Lipinski definition) is 2. The van der Waals surface area contributed by atoms with Crippen LogP contribution in [-0.4, -0.2) is 11.1 Å². The van der Waals surface area contributed by atoms with E-state index in [1.54, 1.807) is 24.3 Å². The number of benzene rings is 3. The fraction of sp³-hybridized carbons (Fsp3) is 0. The Morgan fingerprint density at radius 3 is 2.17 bits per heavy atom. The van der Waals surface area contributed by atoms with E-state index >= 15 is 0 Å². The summed E-state index contributed by atoms with van der Waals surface area (Å²) in [7, 11) is 0. The monoisotopic (exact) mass is 316 g/mol.